The normalized spacial score (nSPS) is 16.0. The molecule has 7 heteroatoms. The molecule has 1 heterocycles. The summed E-state index contributed by atoms with van der Waals surface area (Å²) < 4.78 is 2.01. The van der Waals surface area contributed by atoms with Gasteiger partial charge in [-0.3, -0.25) is 5.10 Å². The highest BCUT2D eigenvalue weighted by Gasteiger charge is 2.15. The Morgan fingerprint density at radius 2 is 2.08 bits per heavy atom. The molecule has 1 aromatic heterocycles. The van der Waals surface area contributed by atoms with E-state index in [0.717, 1.165) is 24.6 Å². The van der Waals surface area contributed by atoms with Crippen molar-refractivity contribution >= 4 is 18.4 Å². The summed E-state index contributed by atoms with van der Waals surface area (Å²) in [5, 5.41) is 30.7. The second-order valence-electron chi connectivity index (χ2n) is 6.26. The molecule has 0 amide bonds. The summed E-state index contributed by atoms with van der Waals surface area (Å²) >= 11 is 5.24. The van der Waals surface area contributed by atoms with Crippen molar-refractivity contribution in [2.45, 2.75) is 44.9 Å². The average molecular weight is 346 g/mol. The van der Waals surface area contributed by atoms with E-state index < -0.39 is 0 Å². The van der Waals surface area contributed by atoms with Crippen LogP contribution in [0.1, 0.15) is 49.9 Å². The standard InChI is InChI=1S/C17H22N4O2S/c22-14-8-4-7-13(16(14)23)11-18-21-15(19-20-17(21)24)10-9-12-5-2-1-3-6-12/h4,7-8,11-12,22-23H,1-3,5-6,9-10H2,(H,20,24)/b18-11+. The van der Waals surface area contributed by atoms with Crippen molar-refractivity contribution < 1.29 is 10.2 Å². The van der Waals surface area contributed by atoms with Crippen LogP contribution in [0.15, 0.2) is 23.3 Å². The van der Waals surface area contributed by atoms with Gasteiger partial charge in [0.05, 0.1) is 6.21 Å². The first kappa shape index (κ1) is 16.7. The highest BCUT2D eigenvalue weighted by atomic mass is 32.1. The molecule has 128 valence electrons. The van der Waals surface area contributed by atoms with E-state index in [1.807, 2.05) is 0 Å². The summed E-state index contributed by atoms with van der Waals surface area (Å²) in [5.74, 6) is 1.19. The van der Waals surface area contributed by atoms with Crippen LogP contribution in [0.5, 0.6) is 11.5 Å². The largest absolute Gasteiger partial charge is 0.504 e. The fraction of sp³-hybridized carbons (Fsp3) is 0.471. The van der Waals surface area contributed by atoms with Gasteiger partial charge in [-0.2, -0.15) is 14.9 Å². The molecule has 1 aliphatic carbocycles. The average Bonchev–Trinajstić information content (AvgIpc) is 2.95. The first-order valence-electron chi connectivity index (χ1n) is 8.36. The van der Waals surface area contributed by atoms with E-state index in [4.69, 9.17) is 12.2 Å². The fourth-order valence-electron chi connectivity index (χ4n) is 3.19. The van der Waals surface area contributed by atoms with Gasteiger partial charge >= 0.3 is 0 Å². The van der Waals surface area contributed by atoms with E-state index in [-0.39, 0.29) is 11.5 Å². The number of aromatic hydroxyl groups is 2. The number of phenols is 2. The quantitative estimate of drug-likeness (QED) is 0.437. The fourth-order valence-corrected chi connectivity index (χ4v) is 3.39. The molecule has 0 aliphatic heterocycles. The number of nitrogens with one attached hydrogen (secondary N) is 1. The van der Waals surface area contributed by atoms with Crippen LogP contribution in [0.25, 0.3) is 0 Å². The molecular formula is C17H22N4O2S. The number of phenolic OH excluding ortho intramolecular Hbond substituents is 2. The molecule has 1 saturated carbocycles. The summed E-state index contributed by atoms with van der Waals surface area (Å²) in [5.41, 5.74) is 0.427. The van der Waals surface area contributed by atoms with Crippen molar-refractivity contribution in [2.75, 3.05) is 0 Å². The van der Waals surface area contributed by atoms with Crippen LogP contribution in [-0.2, 0) is 6.42 Å². The number of nitrogens with zero attached hydrogens (tertiary/aromatic N) is 3. The first-order chi connectivity index (χ1) is 11.6. The van der Waals surface area contributed by atoms with Crippen molar-refractivity contribution in [1.82, 2.24) is 14.9 Å². The molecule has 6 nitrogen and oxygen atoms in total. The summed E-state index contributed by atoms with van der Waals surface area (Å²) in [4.78, 5) is 0. The molecule has 3 N–H and O–H groups in total. The van der Waals surface area contributed by atoms with Crippen LogP contribution in [0, 0.1) is 10.7 Å². The van der Waals surface area contributed by atoms with Crippen molar-refractivity contribution in [3.63, 3.8) is 0 Å². The molecule has 0 spiro atoms. The van der Waals surface area contributed by atoms with Gasteiger partial charge in [0.15, 0.2) is 17.3 Å². The summed E-state index contributed by atoms with van der Waals surface area (Å²) in [6, 6.07) is 4.74. The highest BCUT2D eigenvalue weighted by molar-refractivity contribution is 7.71. The number of para-hydroxylation sites is 1. The molecular weight excluding hydrogens is 324 g/mol. The van der Waals surface area contributed by atoms with Crippen LogP contribution >= 0.6 is 12.2 Å². The van der Waals surface area contributed by atoms with Crippen molar-refractivity contribution in [1.29, 1.82) is 0 Å². The number of hydrogen-bond acceptors (Lipinski definition) is 5. The summed E-state index contributed by atoms with van der Waals surface area (Å²) in [6.07, 6.45) is 9.99. The number of benzene rings is 1. The lowest BCUT2D eigenvalue weighted by atomic mass is 9.86. The molecule has 1 fully saturated rings. The number of hydrogen-bond donors (Lipinski definition) is 3. The highest BCUT2D eigenvalue weighted by Crippen LogP contribution is 2.28. The Bertz CT molecular complexity index is 775. The van der Waals surface area contributed by atoms with E-state index in [0.29, 0.717) is 10.3 Å². The zero-order valence-electron chi connectivity index (χ0n) is 13.5. The summed E-state index contributed by atoms with van der Waals surface area (Å²) in [7, 11) is 0. The molecule has 2 aromatic rings. The zero-order chi connectivity index (χ0) is 16.9. The minimum absolute atomic E-state index is 0.174. The van der Waals surface area contributed by atoms with Crippen LogP contribution in [0.3, 0.4) is 0 Å². The van der Waals surface area contributed by atoms with E-state index in [2.05, 4.69) is 15.3 Å². The van der Waals surface area contributed by atoms with Gasteiger partial charge < -0.3 is 10.2 Å². The molecule has 0 atom stereocenters. The number of aromatic amines is 1. The molecule has 0 bridgehead atoms. The summed E-state index contributed by atoms with van der Waals surface area (Å²) in [6.45, 7) is 0. The Hall–Kier alpha value is -2.15. The predicted molar refractivity (Wildman–Crippen MR) is 95.1 cm³/mol. The Kier molecular flexibility index (Phi) is 5.30. The lowest BCUT2D eigenvalue weighted by Crippen LogP contribution is -2.09. The first-order valence-corrected chi connectivity index (χ1v) is 8.77. The SMILES string of the molecule is Oc1cccc(/C=N/n2c(CCC3CCCCC3)n[nH]c2=S)c1O. The van der Waals surface area contributed by atoms with Gasteiger partial charge in [0.25, 0.3) is 0 Å². The maximum atomic E-state index is 9.84. The Labute approximate surface area is 145 Å². The molecule has 0 radical (unpaired) electrons. The molecule has 3 rings (SSSR count). The molecule has 0 saturated heterocycles. The van der Waals surface area contributed by atoms with Crippen molar-refractivity contribution in [3.8, 4) is 11.5 Å². The molecule has 0 unspecified atom stereocenters. The van der Waals surface area contributed by atoms with Gasteiger partial charge in [-0.05, 0) is 36.7 Å². The van der Waals surface area contributed by atoms with Crippen LogP contribution in [0.2, 0.25) is 0 Å². The maximum absolute atomic E-state index is 9.84. The Balaban J connectivity index is 1.73. The van der Waals surface area contributed by atoms with Gasteiger partial charge in [0, 0.05) is 12.0 Å². The van der Waals surface area contributed by atoms with Crippen molar-refractivity contribution in [3.05, 3.63) is 34.4 Å². The lowest BCUT2D eigenvalue weighted by molar-refractivity contribution is 0.336. The second-order valence-corrected chi connectivity index (χ2v) is 6.65. The van der Waals surface area contributed by atoms with Gasteiger partial charge in [0.1, 0.15) is 0 Å². The molecule has 1 aromatic carbocycles. The van der Waals surface area contributed by atoms with E-state index in [1.54, 1.807) is 16.8 Å². The van der Waals surface area contributed by atoms with Crippen LogP contribution < -0.4 is 0 Å². The van der Waals surface area contributed by atoms with E-state index in [9.17, 15) is 10.2 Å². The lowest BCUT2D eigenvalue weighted by Gasteiger charge is -2.20. The smallest absolute Gasteiger partial charge is 0.216 e. The molecule has 24 heavy (non-hydrogen) atoms. The number of rotatable bonds is 5. The third kappa shape index (κ3) is 3.84. The Morgan fingerprint density at radius 1 is 1.29 bits per heavy atom. The number of aryl methyl sites for hydroxylation is 1. The minimum Gasteiger partial charge on any atom is -0.504 e. The van der Waals surface area contributed by atoms with E-state index in [1.165, 1.54) is 44.4 Å². The topological polar surface area (TPSA) is 86.4 Å². The van der Waals surface area contributed by atoms with Crippen LogP contribution in [-0.4, -0.2) is 31.3 Å². The number of aromatic nitrogens is 3. The van der Waals surface area contributed by atoms with Gasteiger partial charge in [-0.25, -0.2) is 0 Å². The minimum atomic E-state index is -0.194. The third-order valence-electron chi connectivity index (χ3n) is 4.58. The number of H-pyrrole nitrogens is 1. The monoisotopic (exact) mass is 346 g/mol. The van der Waals surface area contributed by atoms with Gasteiger partial charge in [-0.1, -0.05) is 38.2 Å². The second kappa shape index (κ2) is 7.61. The van der Waals surface area contributed by atoms with E-state index >= 15 is 0 Å². The molecule has 1 aliphatic rings. The van der Waals surface area contributed by atoms with Crippen LogP contribution in [0.4, 0.5) is 0 Å². The third-order valence-corrected chi connectivity index (χ3v) is 4.84. The van der Waals surface area contributed by atoms with Crippen molar-refractivity contribution in [2.24, 2.45) is 11.0 Å². The van der Waals surface area contributed by atoms with Gasteiger partial charge in [-0.15, -0.1) is 0 Å². The maximum Gasteiger partial charge on any atom is 0.216 e. The van der Waals surface area contributed by atoms with Gasteiger partial charge in [0.2, 0.25) is 4.77 Å². The Morgan fingerprint density at radius 3 is 2.88 bits per heavy atom. The predicted octanol–water partition coefficient (Wildman–Crippen LogP) is 3.75. The zero-order valence-corrected chi connectivity index (χ0v) is 14.3.